The van der Waals surface area contributed by atoms with E-state index in [-0.39, 0.29) is 5.56 Å². The summed E-state index contributed by atoms with van der Waals surface area (Å²) in [5.41, 5.74) is 4.20. The number of hydrogen-bond donors (Lipinski definition) is 0. The van der Waals surface area contributed by atoms with Gasteiger partial charge in [-0.1, -0.05) is 54.7 Å². The van der Waals surface area contributed by atoms with Gasteiger partial charge < -0.3 is 9.47 Å². The monoisotopic (exact) mass is 575 g/mol. The van der Waals surface area contributed by atoms with Gasteiger partial charge in [0.1, 0.15) is 17.2 Å². The normalized spacial score (nSPS) is 12.0. The molecule has 210 valence electrons. The zero-order valence-corrected chi connectivity index (χ0v) is 24.1. The lowest BCUT2D eigenvalue weighted by Crippen LogP contribution is -2.23. The minimum atomic E-state index is -0.218. The van der Waals surface area contributed by atoms with Crippen LogP contribution in [0.1, 0.15) is 37.2 Å². The van der Waals surface area contributed by atoms with Crippen molar-refractivity contribution in [2.75, 3.05) is 13.2 Å². The predicted octanol–water partition coefficient (Wildman–Crippen LogP) is 5.91. The van der Waals surface area contributed by atoms with Crippen LogP contribution in [-0.2, 0) is 0 Å². The summed E-state index contributed by atoms with van der Waals surface area (Å²) in [4.78, 5) is 18.5. The molecule has 3 aromatic carbocycles. The maximum atomic E-state index is 13.3. The zero-order valence-electron chi connectivity index (χ0n) is 23.3. The molecule has 0 aliphatic carbocycles. The van der Waals surface area contributed by atoms with Crippen molar-refractivity contribution in [2.24, 2.45) is 0 Å². The molecule has 0 atom stereocenters. The molecule has 8 nitrogen and oxygen atoms in total. The molecule has 0 amide bonds. The van der Waals surface area contributed by atoms with Crippen molar-refractivity contribution in [1.82, 2.24) is 24.4 Å². The maximum Gasteiger partial charge on any atom is 0.291 e. The quantitative estimate of drug-likeness (QED) is 0.202. The molecule has 42 heavy (non-hydrogen) atoms. The van der Waals surface area contributed by atoms with Crippen molar-refractivity contribution in [3.8, 4) is 28.4 Å². The third-order valence-electron chi connectivity index (χ3n) is 6.46. The third-order valence-corrected chi connectivity index (χ3v) is 7.42. The number of hydrogen-bond acceptors (Lipinski definition) is 7. The molecular formula is C33H29N5O3S. The molecule has 0 saturated carbocycles. The first-order valence-corrected chi connectivity index (χ1v) is 14.6. The fourth-order valence-corrected chi connectivity index (χ4v) is 5.34. The van der Waals surface area contributed by atoms with Crippen LogP contribution in [0.25, 0.3) is 40.1 Å². The molecule has 0 N–H and O–H groups in total. The number of para-hydroxylation sites is 1. The van der Waals surface area contributed by atoms with Crippen LogP contribution < -0.4 is 19.6 Å². The van der Waals surface area contributed by atoms with Crippen molar-refractivity contribution in [3.05, 3.63) is 117 Å². The van der Waals surface area contributed by atoms with Crippen LogP contribution in [-0.4, -0.2) is 37.6 Å². The Kier molecular flexibility index (Phi) is 7.91. The Morgan fingerprint density at radius 1 is 0.857 bits per heavy atom. The fraction of sp³-hybridized carbons (Fsp3) is 0.152. The van der Waals surface area contributed by atoms with Crippen molar-refractivity contribution < 1.29 is 9.47 Å². The van der Waals surface area contributed by atoms with Gasteiger partial charge in [0.25, 0.3) is 5.56 Å². The van der Waals surface area contributed by atoms with E-state index in [1.54, 1.807) is 6.08 Å². The van der Waals surface area contributed by atoms with E-state index in [0.29, 0.717) is 28.5 Å². The molecule has 3 heterocycles. The first kappa shape index (κ1) is 27.2. The lowest BCUT2D eigenvalue weighted by Gasteiger charge is -2.05. The van der Waals surface area contributed by atoms with E-state index in [9.17, 15) is 4.79 Å². The van der Waals surface area contributed by atoms with Gasteiger partial charge >= 0.3 is 0 Å². The summed E-state index contributed by atoms with van der Waals surface area (Å²) in [5, 5.41) is 9.33. The Hall–Kier alpha value is -5.02. The smallest absolute Gasteiger partial charge is 0.291 e. The van der Waals surface area contributed by atoms with Gasteiger partial charge in [-0.15, -0.1) is 5.10 Å². The van der Waals surface area contributed by atoms with Crippen LogP contribution in [0.4, 0.5) is 0 Å². The Balaban J connectivity index is 1.33. The number of ether oxygens (including phenoxy) is 2. The van der Waals surface area contributed by atoms with Crippen molar-refractivity contribution in [2.45, 2.75) is 20.3 Å². The molecule has 9 heteroatoms. The summed E-state index contributed by atoms with van der Waals surface area (Å²) in [6.45, 7) is 5.33. The first-order valence-electron chi connectivity index (χ1n) is 13.8. The number of nitrogens with zero attached hydrogens (tertiary/aromatic N) is 5. The van der Waals surface area contributed by atoms with Crippen LogP contribution >= 0.6 is 11.3 Å². The highest BCUT2D eigenvalue weighted by Crippen LogP contribution is 2.26. The number of benzene rings is 3. The predicted molar refractivity (Wildman–Crippen MR) is 167 cm³/mol. The van der Waals surface area contributed by atoms with Gasteiger partial charge in [0.15, 0.2) is 5.82 Å². The van der Waals surface area contributed by atoms with Crippen LogP contribution in [0.15, 0.2) is 89.9 Å². The lowest BCUT2D eigenvalue weighted by atomic mass is 10.1. The Labute approximate surface area is 246 Å². The van der Waals surface area contributed by atoms with Crippen LogP contribution in [0.5, 0.6) is 11.5 Å². The second-order valence-electron chi connectivity index (χ2n) is 9.50. The van der Waals surface area contributed by atoms with Gasteiger partial charge in [-0.2, -0.15) is 14.6 Å². The van der Waals surface area contributed by atoms with Gasteiger partial charge in [-0.25, -0.2) is 4.68 Å². The highest BCUT2D eigenvalue weighted by molar-refractivity contribution is 7.15. The van der Waals surface area contributed by atoms with E-state index in [1.165, 1.54) is 15.9 Å². The van der Waals surface area contributed by atoms with Crippen LogP contribution in [0, 0.1) is 0 Å². The molecule has 6 aromatic rings. The Bertz CT molecular complexity index is 1940. The van der Waals surface area contributed by atoms with Gasteiger partial charge in [0.05, 0.1) is 23.4 Å². The lowest BCUT2D eigenvalue weighted by molar-refractivity contribution is 0.317. The second kappa shape index (κ2) is 12.2. The molecule has 0 bridgehead atoms. The molecule has 3 aromatic heterocycles. The molecular weight excluding hydrogens is 546 g/mol. The van der Waals surface area contributed by atoms with E-state index in [0.717, 1.165) is 46.0 Å². The van der Waals surface area contributed by atoms with Gasteiger partial charge in [0.2, 0.25) is 4.96 Å². The Morgan fingerprint density at radius 3 is 2.31 bits per heavy atom. The Morgan fingerprint density at radius 2 is 1.60 bits per heavy atom. The zero-order chi connectivity index (χ0) is 28.9. The summed E-state index contributed by atoms with van der Waals surface area (Å²) >= 11 is 1.30. The SMILES string of the molecule is CCCOc1ccc(-c2nn(-c3ccccc3)cc2/C=c2\sc3nc(/C=C/c4ccc(OCC)cc4)nn3c2=O)cc1. The third kappa shape index (κ3) is 5.87. The van der Waals surface area contributed by atoms with Crippen molar-refractivity contribution in [1.29, 1.82) is 0 Å². The molecule has 0 spiro atoms. The number of aromatic nitrogens is 5. The van der Waals surface area contributed by atoms with E-state index in [4.69, 9.17) is 14.6 Å². The molecule has 0 aliphatic heterocycles. The standard InChI is InChI=1S/C33H29N5O3S/c1-3-20-41-28-17-13-24(14-18-28)31-25(22-37(36-31)26-8-6-5-7-9-26)21-29-32(39)38-33(42-29)34-30(35-38)19-12-23-10-15-27(16-11-23)40-4-2/h5-19,21-22H,3-4,20H2,1-2H3/b19-12+,29-21-. The molecule has 6 rings (SSSR count). The van der Waals surface area contributed by atoms with Crippen LogP contribution in [0.3, 0.4) is 0 Å². The summed E-state index contributed by atoms with van der Waals surface area (Å²) in [6.07, 6.45) is 8.46. The van der Waals surface area contributed by atoms with Crippen molar-refractivity contribution >= 4 is 34.5 Å². The van der Waals surface area contributed by atoms with E-state index in [2.05, 4.69) is 17.0 Å². The average Bonchev–Trinajstić information content (AvgIpc) is 3.71. The highest BCUT2D eigenvalue weighted by atomic mass is 32.1. The number of rotatable bonds is 10. The fourth-order valence-electron chi connectivity index (χ4n) is 4.43. The molecule has 0 fully saturated rings. The molecule has 0 radical (unpaired) electrons. The topological polar surface area (TPSA) is 83.5 Å². The molecule has 0 saturated heterocycles. The van der Waals surface area contributed by atoms with E-state index < -0.39 is 0 Å². The molecule has 0 unspecified atom stereocenters. The summed E-state index contributed by atoms with van der Waals surface area (Å²) in [7, 11) is 0. The average molecular weight is 576 g/mol. The summed E-state index contributed by atoms with van der Waals surface area (Å²) < 4.78 is 15.0. The van der Waals surface area contributed by atoms with E-state index >= 15 is 0 Å². The summed E-state index contributed by atoms with van der Waals surface area (Å²) in [6, 6.07) is 25.5. The van der Waals surface area contributed by atoms with Gasteiger partial charge in [-0.3, -0.25) is 4.79 Å². The minimum Gasteiger partial charge on any atom is -0.494 e. The number of thiazole rings is 1. The van der Waals surface area contributed by atoms with Crippen LogP contribution in [0.2, 0.25) is 0 Å². The first-order chi connectivity index (χ1) is 20.6. The second-order valence-corrected chi connectivity index (χ2v) is 10.5. The summed E-state index contributed by atoms with van der Waals surface area (Å²) in [5.74, 6) is 2.11. The molecule has 0 aliphatic rings. The van der Waals surface area contributed by atoms with Gasteiger partial charge in [0, 0.05) is 17.3 Å². The maximum absolute atomic E-state index is 13.3. The number of fused-ring (bicyclic) bond motifs is 1. The minimum absolute atomic E-state index is 0.218. The largest absolute Gasteiger partial charge is 0.494 e. The highest BCUT2D eigenvalue weighted by Gasteiger charge is 2.14. The van der Waals surface area contributed by atoms with Gasteiger partial charge in [-0.05, 0) is 79.6 Å². The van der Waals surface area contributed by atoms with Crippen molar-refractivity contribution in [3.63, 3.8) is 0 Å². The van der Waals surface area contributed by atoms with E-state index in [1.807, 2.05) is 109 Å².